The number of aliphatic hydroxyl groups is 1. The van der Waals surface area contributed by atoms with E-state index in [-0.39, 0.29) is 18.7 Å². The van der Waals surface area contributed by atoms with Crippen molar-refractivity contribution in [2.24, 2.45) is 0 Å². The normalized spacial score (nSPS) is 45.3. The Bertz CT molecular complexity index is 767. The first-order valence-electron chi connectivity index (χ1n) is 8.53. The Hall–Kier alpha value is -1.62. The molecule has 9 nitrogen and oxygen atoms in total. The molecule has 4 heterocycles. The van der Waals surface area contributed by atoms with Crippen molar-refractivity contribution in [1.29, 1.82) is 0 Å². The van der Waals surface area contributed by atoms with Gasteiger partial charge in [0.05, 0.1) is 11.5 Å². The number of benzene rings is 1. The molecule has 26 heavy (non-hydrogen) atoms. The SMILES string of the molecule is CC1(C)O[C@H]2O[C@@H]3[C@H]4COC(c5ccc([N+](=O)[O-])cc5)(C[C@]3(O)[C@H]2O1)O4. The molecule has 0 amide bonds. The number of non-ortho nitro benzene ring substituents is 1. The second-order valence-electron chi connectivity index (χ2n) is 7.67. The van der Waals surface area contributed by atoms with Crippen molar-refractivity contribution in [3.05, 3.63) is 39.9 Å². The molecule has 9 heteroatoms. The minimum absolute atomic E-state index is 0.0226. The lowest BCUT2D eigenvalue weighted by Crippen LogP contribution is -2.60. The fourth-order valence-corrected chi connectivity index (χ4v) is 4.44. The van der Waals surface area contributed by atoms with Crippen LogP contribution in [0.3, 0.4) is 0 Å². The molecule has 1 unspecified atom stereocenters. The molecule has 1 aromatic carbocycles. The number of fused-ring (bicyclic) bond motifs is 6. The minimum atomic E-state index is -1.35. The fraction of sp³-hybridized carbons (Fsp3) is 0.647. The molecule has 0 saturated carbocycles. The molecule has 6 atom stereocenters. The third kappa shape index (κ3) is 2.13. The highest BCUT2D eigenvalue weighted by Gasteiger charge is 2.72. The van der Waals surface area contributed by atoms with Gasteiger partial charge in [0.25, 0.3) is 5.69 Å². The van der Waals surface area contributed by atoms with Crippen LogP contribution >= 0.6 is 0 Å². The van der Waals surface area contributed by atoms with Crippen molar-refractivity contribution < 1.29 is 33.7 Å². The number of hydrogen-bond acceptors (Lipinski definition) is 8. The molecule has 4 saturated heterocycles. The maximum Gasteiger partial charge on any atom is 0.269 e. The van der Waals surface area contributed by atoms with Crippen LogP contribution in [0, 0.1) is 10.1 Å². The van der Waals surface area contributed by atoms with Gasteiger partial charge < -0.3 is 28.8 Å². The average Bonchev–Trinajstić information content (AvgIpc) is 3.18. The molecule has 0 aromatic heterocycles. The van der Waals surface area contributed by atoms with Crippen molar-refractivity contribution in [2.45, 2.75) is 62.0 Å². The minimum Gasteiger partial charge on any atom is -0.384 e. The summed E-state index contributed by atoms with van der Waals surface area (Å²) in [6, 6.07) is 5.97. The van der Waals surface area contributed by atoms with Crippen molar-refractivity contribution >= 4 is 5.69 Å². The third-order valence-corrected chi connectivity index (χ3v) is 5.52. The standard InChI is InChI=1S/C17H19NO8/c1-15(2)25-13-14(26-15)23-12-11-7-22-17(24-11,8-16(12,13)19)9-3-5-10(6-4-9)18(20)21/h3-6,11-14,19H,7-8H2,1-2H3/t11-,12-,13+,14-,16-,17?/m1/s1. The summed E-state index contributed by atoms with van der Waals surface area (Å²) in [5, 5.41) is 22.4. The summed E-state index contributed by atoms with van der Waals surface area (Å²) in [5.74, 6) is -2.05. The van der Waals surface area contributed by atoms with Crippen molar-refractivity contribution in [1.82, 2.24) is 0 Å². The Kier molecular flexibility index (Phi) is 3.18. The van der Waals surface area contributed by atoms with Crippen molar-refractivity contribution in [2.75, 3.05) is 6.61 Å². The molecule has 5 rings (SSSR count). The summed E-state index contributed by atoms with van der Waals surface area (Å²) in [5.41, 5.74) is -0.760. The van der Waals surface area contributed by atoms with E-state index in [1.807, 2.05) is 0 Å². The lowest BCUT2D eigenvalue weighted by molar-refractivity contribution is -0.384. The number of hydrogen-bond donors (Lipinski definition) is 1. The van der Waals surface area contributed by atoms with Crippen LogP contribution in [0.15, 0.2) is 24.3 Å². The third-order valence-electron chi connectivity index (χ3n) is 5.52. The Labute approximate surface area is 148 Å². The van der Waals surface area contributed by atoms with Crippen molar-refractivity contribution in [3.8, 4) is 0 Å². The largest absolute Gasteiger partial charge is 0.384 e. The van der Waals surface area contributed by atoms with E-state index >= 15 is 0 Å². The van der Waals surface area contributed by atoms with Gasteiger partial charge in [0.15, 0.2) is 17.9 Å². The topological polar surface area (TPSA) is 110 Å². The molecule has 0 aliphatic carbocycles. The molecule has 1 N–H and O–H groups in total. The van der Waals surface area contributed by atoms with E-state index in [4.69, 9.17) is 23.7 Å². The molecule has 1 aromatic rings. The number of rotatable bonds is 2. The lowest BCUT2D eigenvalue weighted by Gasteiger charge is -2.44. The molecule has 0 radical (unpaired) electrons. The van der Waals surface area contributed by atoms with Gasteiger partial charge in [0.2, 0.25) is 0 Å². The van der Waals surface area contributed by atoms with Crippen LogP contribution in [0.25, 0.3) is 0 Å². The number of nitro benzene ring substituents is 1. The maximum absolute atomic E-state index is 11.5. The quantitative estimate of drug-likeness (QED) is 0.614. The van der Waals surface area contributed by atoms with Crippen LogP contribution in [0.2, 0.25) is 0 Å². The summed E-state index contributed by atoms with van der Waals surface area (Å²) < 4.78 is 29.5. The zero-order valence-corrected chi connectivity index (χ0v) is 14.3. The van der Waals surface area contributed by atoms with Crippen LogP contribution < -0.4 is 0 Å². The summed E-state index contributed by atoms with van der Waals surface area (Å²) in [6.45, 7) is 3.78. The van der Waals surface area contributed by atoms with E-state index in [0.29, 0.717) is 5.56 Å². The molecule has 4 aliphatic rings. The van der Waals surface area contributed by atoms with Gasteiger partial charge in [-0.2, -0.15) is 0 Å². The average molecular weight is 365 g/mol. The van der Waals surface area contributed by atoms with Crippen LogP contribution in [-0.2, 0) is 29.5 Å². The first-order valence-corrected chi connectivity index (χ1v) is 8.53. The molecule has 0 spiro atoms. The summed E-state index contributed by atoms with van der Waals surface area (Å²) in [6.07, 6.45) is -2.35. The van der Waals surface area contributed by atoms with Gasteiger partial charge in [-0.1, -0.05) is 0 Å². The van der Waals surface area contributed by atoms with E-state index in [9.17, 15) is 15.2 Å². The number of nitrogens with zero attached hydrogens (tertiary/aromatic N) is 1. The predicted octanol–water partition coefficient (Wildman–Crippen LogP) is 1.17. The molecular weight excluding hydrogens is 346 g/mol. The Morgan fingerprint density at radius 3 is 2.58 bits per heavy atom. The predicted molar refractivity (Wildman–Crippen MR) is 83.9 cm³/mol. The van der Waals surface area contributed by atoms with Crippen LogP contribution in [-0.4, -0.2) is 52.6 Å². The highest BCUT2D eigenvalue weighted by Crippen LogP contribution is 2.56. The number of ether oxygens (including phenoxy) is 5. The molecule has 4 aliphatic heterocycles. The highest BCUT2D eigenvalue weighted by atomic mass is 16.8. The van der Waals surface area contributed by atoms with Crippen molar-refractivity contribution in [3.63, 3.8) is 0 Å². The van der Waals surface area contributed by atoms with Gasteiger partial charge in [0.1, 0.15) is 23.9 Å². The molecule has 4 fully saturated rings. The zero-order valence-electron chi connectivity index (χ0n) is 14.3. The second kappa shape index (κ2) is 5.00. The van der Waals surface area contributed by atoms with E-state index in [1.54, 1.807) is 26.0 Å². The van der Waals surface area contributed by atoms with E-state index < -0.39 is 46.7 Å². The fourth-order valence-electron chi connectivity index (χ4n) is 4.44. The number of nitro groups is 1. The van der Waals surface area contributed by atoms with Gasteiger partial charge in [-0.15, -0.1) is 0 Å². The second-order valence-corrected chi connectivity index (χ2v) is 7.67. The molecular formula is C17H19NO8. The van der Waals surface area contributed by atoms with Gasteiger partial charge in [-0.05, 0) is 26.0 Å². The first kappa shape index (κ1) is 16.5. The van der Waals surface area contributed by atoms with E-state index in [2.05, 4.69) is 0 Å². The van der Waals surface area contributed by atoms with Gasteiger partial charge in [-0.25, -0.2) is 0 Å². The smallest absolute Gasteiger partial charge is 0.269 e. The maximum atomic E-state index is 11.5. The zero-order chi connectivity index (χ0) is 18.3. The monoisotopic (exact) mass is 365 g/mol. The van der Waals surface area contributed by atoms with Crippen LogP contribution in [0.1, 0.15) is 25.8 Å². The summed E-state index contributed by atoms with van der Waals surface area (Å²) in [7, 11) is 0. The highest BCUT2D eigenvalue weighted by molar-refractivity contribution is 5.36. The van der Waals surface area contributed by atoms with Crippen LogP contribution in [0.5, 0.6) is 0 Å². The molecule has 140 valence electrons. The van der Waals surface area contributed by atoms with Crippen LogP contribution in [0.4, 0.5) is 5.69 Å². The molecule has 2 bridgehead atoms. The first-order chi connectivity index (χ1) is 12.2. The summed E-state index contributed by atoms with van der Waals surface area (Å²) in [4.78, 5) is 10.4. The van der Waals surface area contributed by atoms with Gasteiger partial charge in [0, 0.05) is 24.1 Å². The van der Waals surface area contributed by atoms with Gasteiger partial charge in [-0.3, -0.25) is 10.1 Å². The van der Waals surface area contributed by atoms with Gasteiger partial charge >= 0.3 is 0 Å². The lowest BCUT2D eigenvalue weighted by atomic mass is 9.79. The van der Waals surface area contributed by atoms with E-state index in [1.165, 1.54) is 12.1 Å². The Morgan fingerprint density at radius 1 is 1.15 bits per heavy atom. The Morgan fingerprint density at radius 2 is 1.88 bits per heavy atom. The summed E-state index contributed by atoms with van der Waals surface area (Å²) >= 11 is 0. The Balaban J connectivity index is 1.50. The van der Waals surface area contributed by atoms with E-state index in [0.717, 1.165) is 0 Å².